The molecule has 1 aromatic rings. The highest BCUT2D eigenvalue weighted by atomic mass is 79.9. The van der Waals surface area contributed by atoms with Crippen LogP contribution in [0, 0.1) is 0 Å². The number of rotatable bonds is 1. The molecule has 2 rings (SSSR count). The first kappa shape index (κ1) is 9.99. The number of hydrogen-bond donors (Lipinski definition) is 0. The number of nitrogens with zero attached hydrogens (tertiary/aromatic N) is 1. The van der Waals surface area contributed by atoms with Crippen LogP contribution in [0.3, 0.4) is 0 Å². The minimum absolute atomic E-state index is 0.00485. The topological polar surface area (TPSA) is 20.3 Å². The molecule has 2 nitrogen and oxygen atoms in total. The van der Waals surface area contributed by atoms with Crippen molar-refractivity contribution in [1.82, 2.24) is 4.90 Å². The number of hydrogen-bond acceptors (Lipinski definition) is 1. The van der Waals surface area contributed by atoms with Crippen LogP contribution >= 0.6 is 27.5 Å². The Morgan fingerprint density at radius 3 is 2.93 bits per heavy atom. The number of carbonyl (C=O) groups excluding carboxylic acids is 1. The lowest BCUT2D eigenvalue weighted by molar-refractivity contribution is -0.129. The van der Waals surface area contributed by atoms with Crippen LogP contribution in [0.5, 0.6) is 0 Å². The zero-order valence-electron chi connectivity index (χ0n) is 7.46. The van der Waals surface area contributed by atoms with Gasteiger partial charge in [0.05, 0.1) is 0 Å². The lowest BCUT2D eigenvalue weighted by Crippen LogP contribution is -2.26. The van der Waals surface area contributed by atoms with E-state index >= 15 is 0 Å². The number of benzene rings is 1. The molecule has 0 saturated heterocycles. The maximum absolute atomic E-state index is 11.4. The summed E-state index contributed by atoms with van der Waals surface area (Å²) in [6.07, 6.45) is 0. The first-order chi connectivity index (χ1) is 6.72. The van der Waals surface area contributed by atoms with Gasteiger partial charge in [0.2, 0.25) is 5.91 Å². The quantitative estimate of drug-likeness (QED) is 0.721. The molecular formula is C10H9BrClNO. The van der Waals surface area contributed by atoms with E-state index in [1.807, 2.05) is 18.2 Å². The van der Waals surface area contributed by atoms with Crippen LogP contribution in [-0.4, -0.2) is 16.7 Å². The van der Waals surface area contributed by atoms with Gasteiger partial charge in [-0.3, -0.25) is 4.79 Å². The van der Waals surface area contributed by atoms with Crippen molar-refractivity contribution in [3.63, 3.8) is 0 Å². The highest BCUT2D eigenvalue weighted by Gasteiger charge is 2.23. The van der Waals surface area contributed by atoms with E-state index in [2.05, 4.69) is 15.9 Å². The summed E-state index contributed by atoms with van der Waals surface area (Å²) in [5.74, 6) is 0.0563. The molecule has 1 aliphatic rings. The lowest BCUT2D eigenvalue weighted by Gasteiger charge is -2.12. The molecule has 1 aliphatic heterocycles. The van der Waals surface area contributed by atoms with E-state index in [1.165, 1.54) is 11.1 Å². The molecule has 0 aromatic heterocycles. The summed E-state index contributed by atoms with van der Waals surface area (Å²) in [6, 6.07) is 6.02. The maximum atomic E-state index is 11.4. The molecule has 0 spiro atoms. The van der Waals surface area contributed by atoms with Crippen LogP contribution in [0.4, 0.5) is 0 Å². The lowest BCUT2D eigenvalue weighted by atomic mass is 10.1. The monoisotopic (exact) mass is 273 g/mol. The summed E-state index contributed by atoms with van der Waals surface area (Å²) in [5.41, 5.74) is 2.41. The van der Waals surface area contributed by atoms with E-state index in [0.29, 0.717) is 13.1 Å². The Balaban J connectivity index is 2.26. The summed E-state index contributed by atoms with van der Waals surface area (Å²) >= 11 is 8.99. The van der Waals surface area contributed by atoms with Crippen LogP contribution in [0.1, 0.15) is 11.1 Å². The summed E-state index contributed by atoms with van der Waals surface area (Å²) in [4.78, 5) is 13.1. The van der Waals surface area contributed by atoms with Gasteiger partial charge in [0.1, 0.15) is 5.88 Å². The third-order valence-corrected chi connectivity index (χ3v) is 3.36. The first-order valence-corrected chi connectivity index (χ1v) is 5.65. The molecular weight excluding hydrogens is 265 g/mol. The van der Waals surface area contributed by atoms with Gasteiger partial charge in [0, 0.05) is 17.6 Å². The second-order valence-electron chi connectivity index (χ2n) is 3.26. The van der Waals surface area contributed by atoms with Gasteiger partial charge in [-0.25, -0.2) is 0 Å². The molecule has 1 amide bonds. The smallest absolute Gasteiger partial charge is 0.238 e. The number of halogens is 2. The fourth-order valence-corrected chi connectivity index (χ4v) is 2.34. The van der Waals surface area contributed by atoms with E-state index in [1.54, 1.807) is 4.90 Å². The minimum atomic E-state index is -0.00485. The summed E-state index contributed by atoms with van der Waals surface area (Å²) in [5, 5.41) is 0. The second-order valence-corrected chi connectivity index (χ2v) is 4.38. The number of fused-ring (bicyclic) bond motifs is 1. The van der Waals surface area contributed by atoms with Gasteiger partial charge in [-0.1, -0.05) is 28.1 Å². The Kier molecular flexibility index (Phi) is 2.79. The van der Waals surface area contributed by atoms with Crippen LogP contribution in [0.15, 0.2) is 22.7 Å². The maximum Gasteiger partial charge on any atom is 0.238 e. The normalized spacial score (nSPS) is 14.3. The number of carbonyl (C=O) groups is 1. The number of alkyl halides is 1. The number of amides is 1. The van der Waals surface area contributed by atoms with Gasteiger partial charge in [-0.15, -0.1) is 11.6 Å². The average Bonchev–Trinajstić information content (AvgIpc) is 2.62. The van der Waals surface area contributed by atoms with Gasteiger partial charge >= 0.3 is 0 Å². The molecule has 0 atom stereocenters. The molecule has 4 heteroatoms. The van der Waals surface area contributed by atoms with Crippen molar-refractivity contribution in [3.8, 4) is 0 Å². The Morgan fingerprint density at radius 1 is 1.50 bits per heavy atom. The third-order valence-electron chi connectivity index (χ3n) is 2.39. The Labute approximate surface area is 96.0 Å². The minimum Gasteiger partial charge on any atom is -0.333 e. The third kappa shape index (κ3) is 1.66. The van der Waals surface area contributed by atoms with Crippen molar-refractivity contribution >= 4 is 33.4 Å². The van der Waals surface area contributed by atoms with Crippen molar-refractivity contribution in [2.45, 2.75) is 13.1 Å². The van der Waals surface area contributed by atoms with Gasteiger partial charge in [0.15, 0.2) is 0 Å². The average molecular weight is 275 g/mol. The van der Waals surface area contributed by atoms with E-state index in [0.717, 1.165) is 4.47 Å². The van der Waals surface area contributed by atoms with Gasteiger partial charge in [-0.05, 0) is 17.2 Å². The van der Waals surface area contributed by atoms with E-state index in [4.69, 9.17) is 11.6 Å². The fraction of sp³-hybridized carbons (Fsp3) is 0.300. The molecule has 0 aliphatic carbocycles. The Hall–Kier alpha value is -0.540. The molecule has 1 aromatic carbocycles. The zero-order valence-corrected chi connectivity index (χ0v) is 9.81. The molecule has 0 bridgehead atoms. The van der Waals surface area contributed by atoms with E-state index in [-0.39, 0.29) is 11.8 Å². The molecule has 0 saturated carbocycles. The molecule has 0 fully saturated rings. The van der Waals surface area contributed by atoms with Gasteiger partial charge in [-0.2, -0.15) is 0 Å². The predicted molar refractivity (Wildman–Crippen MR) is 59.1 cm³/mol. The Bertz CT molecular complexity index is 380. The standard InChI is InChI=1S/C10H9BrClNO/c11-9-3-1-2-7-5-13(6-8(7)9)10(14)4-12/h1-3H,4-6H2. The molecule has 74 valence electrons. The largest absolute Gasteiger partial charge is 0.333 e. The zero-order chi connectivity index (χ0) is 10.1. The molecule has 14 heavy (non-hydrogen) atoms. The van der Waals surface area contributed by atoms with Crippen LogP contribution in [0.2, 0.25) is 0 Å². The molecule has 0 radical (unpaired) electrons. The summed E-state index contributed by atoms with van der Waals surface area (Å²) in [7, 11) is 0. The fourth-order valence-electron chi connectivity index (χ4n) is 1.64. The summed E-state index contributed by atoms with van der Waals surface area (Å²) in [6.45, 7) is 1.35. The van der Waals surface area contributed by atoms with Gasteiger partial charge in [0.25, 0.3) is 0 Å². The first-order valence-electron chi connectivity index (χ1n) is 4.32. The van der Waals surface area contributed by atoms with Crippen molar-refractivity contribution in [1.29, 1.82) is 0 Å². The van der Waals surface area contributed by atoms with Crippen molar-refractivity contribution < 1.29 is 4.79 Å². The summed E-state index contributed by atoms with van der Waals surface area (Å²) < 4.78 is 1.07. The van der Waals surface area contributed by atoms with Crippen molar-refractivity contribution in [2.24, 2.45) is 0 Å². The highest BCUT2D eigenvalue weighted by molar-refractivity contribution is 9.10. The van der Waals surface area contributed by atoms with E-state index in [9.17, 15) is 4.79 Å². The molecule has 1 heterocycles. The highest BCUT2D eigenvalue weighted by Crippen LogP contribution is 2.29. The van der Waals surface area contributed by atoms with Crippen molar-refractivity contribution in [2.75, 3.05) is 5.88 Å². The van der Waals surface area contributed by atoms with Crippen LogP contribution in [0.25, 0.3) is 0 Å². The second kappa shape index (κ2) is 3.91. The van der Waals surface area contributed by atoms with Crippen LogP contribution < -0.4 is 0 Å². The SMILES string of the molecule is O=C(CCl)N1Cc2cccc(Br)c2C1. The van der Waals surface area contributed by atoms with Gasteiger partial charge < -0.3 is 4.90 Å². The molecule has 0 N–H and O–H groups in total. The Morgan fingerprint density at radius 2 is 2.29 bits per heavy atom. The van der Waals surface area contributed by atoms with Crippen molar-refractivity contribution in [3.05, 3.63) is 33.8 Å². The van der Waals surface area contributed by atoms with Crippen LogP contribution in [-0.2, 0) is 17.9 Å². The molecule has 0 unspecified atom stereocenters. The predicted octanol–water partition coefficient (Wildman–Crippen LogP) is 2.53. The van der Waals surface area contributed by atoms with E-state index < -0.39 is 0 Å².